The van der Waals surface area contributed by atoms with Crippen molar-refractivity contribution < 1.29 is 9.90 Å². The number of fused-ring (bicyclic) bond motifs is 1. The minimum Gasteiger partial charge on any atom is -0.478 e. The van der Waals surface area contributed by atoms with Gasteiger partial charge in [-0.25, -0.2) is 9.78 Å². The largest absolute Gasteiger partial charge is 0.478 e. The quantitative estimate of drug-likeness (QED) is 0.222. The molecule has 0 aliphatic rings. The highest BCUT2D eigenvalue weighted by atomic mass is 16.4. The number of rotatable bonds is 7. The van der Waals surface area contributed by atoms with Crippen LogP contribution in [0.25, 0.3) is 28.2 Å². The van der Waals surface area contributed by atoms with E-state index >= 15 is 0 Å². The molecule has 0 unspecified atom stereocenters. The second kappa shape index (κ2) is 10.3. The third kappa shape index (κ3) is 4.15. The van der Waals surface area contributed by atoms with Crippen LogP contribution in [0.5, 0.6) is 0 Å². The van der Waals surface area contributed by atoms with E-state index in [0.717, 1.165) is 39.2 Å². The van der Waals surface area contributed by atoms with E-state index in [0.29, 0.717) is 5.69 Å². The number of pyridine rings is 2. The van der Waals surface area contributed by atoms with Gasteiger partial charge in [0.25, 0.3) is 0 Å². The summed E-state index contributed by atoms with van der Waals surface area (Å²) in [6.45, 7) is 0. The van der Waals surface area contributed by atoms with Gasteiger partial charge < -0.3 is 5.11 Å². The standard InChI is InChI=1S/C35H25N5O2/c41-34(42)25-16-18-31(36-20-25)32-22-37-33-19-17-26(23-39(32)33)27-21-38-40(24-27)35(28-10-4-1-5-11-28,29-12-6-2-7-13-29)30-14-8-3-9-15-30/h1-24H,(H,41,42). The highest BCUT2D eigenvalue weighted by Crippen LogP contribution is 2.41. The van der Waals surface area contributed by atoms with Crippen LogP contribution < -0.4 is 0 Å². The highest BCUT2D eigenvalue weighted by molar-refractivity contribution is 5.87. The van der Waals surface area contributed by atoms with Crippen molar-refractivity contribution in [1.82, 2.24) is 24.1 Å². The second-order valence-corrected chi connectivity index (χ2v) is 10.0. The second-order valence-electron chi connectivity index (χ2n) is 10.0. The van der Waals surface area contributed by atoms with Gasteiger partial charge in [-0.2, -0.15) is 5.10 Å². The molecule has 42 heavy (non-hydrogen) atoms. The molecule has 202 valence electrons. The zero-order valence-corrected chi connectivity index (χ0v) is 22.4. The maximum absolute atomic E-state index is 11.3. The Bertz CT molecular complexity index is 1900. The molecule has 4 heterocycles. The monoisotopic (exact) mass is 547 g/mol. The number of carboxylic acid groups (broad SMARTS) is 1. The van der Waals surface area contributed by atoms with Crippen LogP contribution in [0.3, 0.4) is 0 Å². The minimum absolute atomic E-state index is 0.138. The number of benzene rings is 3. The zero-order valence-electron chi connectivity index (χ0n) is 22.4. The molecule has 0 spiro atoms. The number of nitrogens with zero attached hydrogens (tertiary/aromatic N) is 5. The molecule has 0 aliphatic heterocycles. The Morgan fingerprint density at radius 3 is 1.79 bits per heavy atom. The maximum Gasteiger partial charge on any atom is 0.337 e. The summed E-state index contributed by atoms with van der Waals surface area (Å²) in [6.07, 6.45) is 9.10. The van der Waals surface area contributed by atoms with Crippen LogP contribution in [0.15, 0.2) is 146 Å². The Morgan fingerprint density at radius 1 is 0.619 bits per heavy atom. The van der Waals surface area contributed by atoms with Crippen molar-refractivity contribution in [2.75, 3.05) is 0 Å². The van der Waals surface area contributed by atoms with E-state index in [1.54, 1.807) is 18.3 Å². The fourth-order valence-electron chi connectivity index (χ4n) is 5.60. The van der Waals surface area contributed by atoms with E-state index in [2.05, 4.69) is 89.0 Å². The molecule has 0 saturated carbocycles. The third-order valence-electron chi connectivity index (χ3n) is 7.61. The summed E-state index contributed by atoms with van der Waals surface area (Å²) in [6, 6.07) is 38.6. The van der Waals surface area contributed by atoms with Crippen molar-refractivity contribution >= 4 is 11.6 Å². The van der Waals surface area contributed by atoms with Crippen LogP contribution in [0.1, 0.15) is 27.0 Å². The Hall–Kier alpha value is -5.82. The van der Waals surface area contributed by atoms with Gasteiger partial charge in [0.05, 0.1) is 29.3 Å². The minimum atomic E-state index is -1.01. The molecular formula is C35H25N5O2. The molecule has 0 fully saturated rings. The molecule has 4 aromatic heterocycles. The van der Waals surface area contributed by atoms with E-state index in [1.807, 2.05) is 51.8 Å². The lowest BCUT2D eigenvalue weighted by Crippen LogP contribution is -2.38. The predicted octanol–water partition coefficient (Wildman–Crippen LogP) is 6.80. The zero-order chi connectivity index (χ0) is 28.5. The van der Waals surface area contributed by atoms with Gasteiger partial charge in [0.15, 0.2) is 0 Å². The van der Waals surface area contributed by atoms with Crippen molar-refractivity contribution in [3.05, 3.63) is 168 Å². The van der Waals surface area contributed by atoms with Gasteiger partial charge in [0, 0.05) is 29.7 Å². The predicted molar refractivity (Wildman–Crippen MR) is 161 cm³/mol. The molecule has 0 radical (unpaired) electrons. The van der Waals surface area contributed by atoms with Crippen molar-refractivity contribution in [1.29, 1.82) is 0 Å². The van der Waals surface area contributed by atoms with E-state index in [-0.39, 0.29) is 5.56 Å². The first kappa shape index (κ1) is 25.2. The smallest absolute Gasteiger partial charge is 0.337 e. The fourth-order valence-corrected chi connectivity index (χ4v) is 5.60. The number of imidazole rings is 1. The molecule has 7 heteroatoms. The van der Waals surface area contributed by atoms with Crippen molar-refractivity contribution in [3.63, 3.8) is 0 Å². The first-order valence-corrected chi connectivity index (χ1v) is 13.5. The van der Waals surface area contributed by atoms with Crippen molar-refractivity contribution in [3.8, 4) is 22.5 Å². The van der Waals surface area contributed by atoms with Crippen LogP contribution in [-0.2, 0) is 5.54 Å². The van der Waals surface area contributed by atoms with Gasteiger partial charge in [-0.05, 0) is 41.0 Å². The Kier molecular flexibility index (Phi) is 6.17. The molecule has 0 amide bonds. The lowest BCUT2D eigenvalue weighted by Gasteiger charge is -2.36. The molecule has 0 saturated heterocycles. The summed E-state index contributed by atoms with van der Waals surface area (Å²) in [7, 11) is 0. The Labute approximate surface area is 242 Å². The average molecular weight is 548 g/mol. The summed E-state index contributed by atoms with van der Waals surface area (Å²) in [5.41, 5.74) is 6.79. The number of aromatic carboxylic acids is 1. The van der Waals surface area contributed by atoms with Crippen molar-refractivity contribution in [2.24, 2.45) is 0 Å². The first-order chi connectivity index (χ1) is 20.6. The van der Waals surface area contributed by atoms with Gasteiger partial charge in [-0.1, -0.05) is 91.0 Å². The molecule has 7 rings (SSSR count). The summed E-state index contributed by atoms with van der Waals surface area (Å²) in [5, 5.41) is 14.2. The van der Waals surface area contributed by atoms with E-state index in [1.165, 1.54) is 6.20 Å². The topological polar surface area (TPSA) is 85.3 Å². The van der Waals surface area contributed by atoms with Gasteiger partial charge in [-0.3, -0.25) is 14.1 Å². The van der Waals surface area contributed by atoms with Gasteiger partial charge in [0.2, 0.25) is 0 Å². The number of carboxylic acids is 1. The highest BCUT2D eigenvalue weighted by Gasteiger charge is 2.39. The van der Waals surface area contributed by atoms with Crippen molar-refractivity contribution in [2.45, 2.75) is 5.54 Å². The van der Waals surface area contributed by atoms with Crippen LogP contribution in [0.4, 0.5) is 0 Å². The molecular weight excluding hydrogens is 522 g/mol. The number of hydrogen-bond acceptors (Lipinski definition) is 4. The summed E-state index contributed by atoms with van der Waals surface area (Å²) in [5.74, 6) is -1.01. The first-order valence-electron chi connectivity index (χ1n) is 13.5. The fraction of sp³-hybridized carbons (Fsp3) is 0.0286. The lowest BCUT2D eigenvalue weighted by molar-refractivity contribution is 0.0696. The van der Waals surface area contributed by atoms with E-state index in [4.69, 9.17) is 5.10 Å². The third-order valence-corrected chi connectivity index (χ3v) is 7.61. The van der Waals surface area contributed by atoms with Crippen LogP contribution in [0.2, 0.25) is 0 Å². The Balaban J connectivity index is 1.38. The van der Waals surface area contributed by atoms with Gasteiger partial charge >= 0.3 is 5.97 Å². The number of carbonyl (C=O) groups is 1. The van der Waals surface area contributed by atoms with E-state index in [9.17, 15) is 9.90 Å². The average Bonchev–Trinajstić information content (AvgIpc) is 3.71. The SMILES string of the molecule is O=C(O)c1ccc(-c2cnc3ccc(-c4cnn(C(c5ccccc5)(c5ccccc5)c5ccccc5)c4)cn23)nc1. The molecule has 7 aromatic rings. The molecule has 7 nitrogen and oxygen atoms in total. The number of aromatic nitrogens is 5. The normalized spacial score (nSPS) is 11.5. The van der Waals surface area contributed by atoms with Crippen LogP contribution in [-0.4, -0.2) is 35.2 Å². The van der Waals surface area contributed by atoms with Crippen LogP contribution in [0, 0.1) is 0 Å². The molecule has 3 aromatic carbocycles. The Morgan fingerprint density at radius 2 is 1.24 bits per heavy atom. The number of hydrogen-bond donors (Lipinski definition) is 1. The summed E-state index contributed by atoms with van der Waals surface area (Å²) >= 11 is 0. The maximum atomic E-state index is 11.3. The van der Waals surface area contributed by atoms with Gasteiger partial charge in [0.1, 0.15) is 11.2 Å². The lowest BCUT2D eigenvalue weighted by atomic mass is 9.77. The van der Waals surface area contributed by atoms with Crippen LogP contribution >= 0.6 is 0 Å². The molecule has 0 aliphatic carbocycles. The molecule has 1 N–H and O–H groups in total. The molecule has 0 atom stereocenters. The summed E-state index contributed by atoms with van der Waals surface area (Å²) in [4.78, 5) is 20.2. The van der Waals surface area contributed by atoms with E-state index < -0.39 is 11.5 Å². The summed E-state index contributed by atoms with van der Waals surface area (Å²) < 4.78 is 4.02. The van der Waals surface area contributed by atoms with Gasteiger partial charge in [-0.15, -0.1) is 0 Å². The molecule has 0 bridgehead atoms.